The number of aliphatic hydroxyl groups excluding tert-OH is 1. The molecule has 0 bridgehead atoms. The lowest BCUT2D eigenvalue weighted by Crippen LogP contribution is -2.37. The highest BCUT2D eigenvalue weighted by molar-refractivity contribution is 5.96. The Kier molecular flexibility index (Phi) is 5.75. The third kappa shape index (κ3) is 4.74. The Morgan fingerprint density at radius 2 is 1.87 bits per heavy atom. The van der Waals surface area contributed by atoms with Crippen molar-refractivity contribution >= 4 is 11.8 Å². The molecule has 4 rings (SSSR count). The zero-order valence-corrected chi connectivity index (χ0v) is 16.8. The number of hydrogen-bond acceptors (Lipinski definition) is 3. The summed E-state index contributed by atoms with van der Waals surface area (Å²) in [4.78, 5) is 26.6. The Hall–Kier alpha value is -2.87. The molecule has 0 spiro atoms. The highest BCUT2D eigenvalue weighted by Gasteiger charge is 2.36. The summed E-state index contributed by atoms with van der Waals surface area (Å²) in [5.41, 5.74) is 0.862. The van der Waals surface area contributed by atoms with E-state index in [0.29, 0.717) is 12.0 Å². The summed E-state index contributed by atoms with van der Waals surface area (Å²) in [5.74, 6) is -0.663. The number of rotatable bonds is 5. The fourth-order valence-corrected chi connectivity index (χ4v) is 3.90. The third-order valence-electron chi connectivity index (χ3n) is 5.87. The van der Waals surface area contributed by atoms with Crippen LogP contribution in [0.3, 0.4) is 0 Å². The molecule has 31 heavy (non-hydrogen) atoms. The molecule has 0 saturated heterocycles. The van der Waals surface area contributed by atoms with Gasteiger partial charge in [0.05, 0.1) is 17.2 Å². The Balaban J connectivity index is 1.45. The van der Waals surface area contributed by atoms with Crippen molar-refractivity contribution in [2.75, 3.05) is 13.1 Å². The molecule has 1 fully saturated rings. The molecule has 8 heteroatoms. The van der Waals surface area contributed by atoms with Gasteiger partial charge in [0, 0.05) is 25.2 Å². The zero-order chi connectivity index (χ0) is 22.2. The summed E-state index contributed by atoms with van der Waals surface area (Å²) in [6.07, 6.45) is -2.71. The van der Waals surface area contributed by atoms with E-state index in [-0.39, 0.29) is 37.0 Å². The minimum absolute atomic E-state index is 0.183. The standard InChI is InChI=1S/C23H23F3N2O3/c24-23(25,26)19-4-2-1-3-18(19)22(31)28-10-9-15-11-16(7-8-17(15)13-28)21(30)27-12-20(29)14-5-6-14/h1-4,7-8,11,14,20,29H,5-6,9-10,12-13H2,(H,27,30). The van der Waals surface area contributed by atoms with Gasteiger partial charge in [-0.25, -0.2) is 0 Å². The van der Waals surface area contributed by atoms with Crippen LogP contribution in [0.1, 0.15) is 50.2 Å². The second-order valence-corrected chi connectivity index (χ2v) is 8.12. The van der Waals surface area contributed by atoms with Gasteiger partial charge in [-0.1, -0.05) is 18.2 Å². The topological polar surface area (TPSA) is 69.6 Å². The Bertz CT molecular complexity index is 1000. The van der Waals surface area contributed by atoms with E-state index in [4.69, 9.17) is 0 Å². The average Bonchev–Trinajstić information content (AvgIpc) is 3.61. The molecular weight excluding hydrogens is 409 g/mol. The van der Waals surface area contributed by atoms with Crippen LogP contribution in [0.25, 0.3) is 0 Å². The lowest BCUT2D eigenvalue weighted by molar-refractivity contribution is -0.138. The Labute approximate surface area is 177 Å². The fourth-order valence-electron chi connectivity index (χ4n) is 3.90. The van der Waals surface area contributed by atoms with Gasteiger partial charge in [-0.05, 0) is 60.6 Å². The van der Waals surface area contributed by atoms with Gasteiger partial charge in [0.2, 0.25) is 0 Å². The predicted octanol–water partition coefficient (Wildman–Crippen LogP) is 3.40. The van der Waals surface area contributed by atoms with E-state index in [1.807, 2.05) is 0 Å². The Morgan fingerprint density at radius 3 is 2.58 bits per heavy atom. The molecule has 1 aliphatic heterocycles. The van der Waals surface area contributed by atoms with Crippen LogP contribution in [-0.2, 0) is 19.1 Å². The van der Waals surface area contributed by atoms with E-state index in [1.165, 1.54) is 23.1 Å². The summed E-state index contributed by atoms with van der Waals surface area (Å²) in [5, 5.41) is 12.6. The van der Waals surface area contributed by atoms with Gasteiger partial charge < -0.3 is 15.3 Å². The van der Waals surface area contributed by atoms with Crippen molar-refractivity contribution in [3.8, 4) is 0 Å². The monoisotopic (exact) mass is 432 g/mol. The Morgan fingerprint density at radius 1 is 1.13 bits per heavy atom. The van der Waals surface area contributed by atoms with Gasteiger partial charge in [0.1, 0.15) is 0 Å². The van der Waals surface area contributed by atoms with Crippen molar-refractivity contribution in [3.05, 3.63) is 70.3 Å². The first-order valence-electron chi connectivity index (χ1n) is 10.3. The smallest absolute Gasteiger partial charge is 0.391 e. The zero-order valence-electron chi connectivity index (χ0n) is 16.8. The second kappa shape index (κ2) is 8.34. The van der Waals surface area contributed by atoms with Crippen LogP contribution in [0.2, 0.25) is 0 Å². The maximum Gasteiger partial charge on any atom is 0.417 e. The molecule has 1 heterocycles. The predicted molar refractivity (Wildman–Crippen MR) is 107 cm³/mol. The summed E-state index contributed by atoms with van der Waals surface area (Å²) in [6.45, 7) is 0.660. The number of amides is 2. The molecule has 0 aromatic heterocycles. The first kappa shape index (κ1) is 21.4. The molecule has 2 aromatic carbocycles. The van der Waals surface area contributed by atoms with Crippen molar-refractivity contribution in [2.24, 2.45) is 5.92 Å². The van der Waals surface area contributed by atoms with E-state index in [2.05, 4.69) is 5.32 Å². The van der Waals surface area contributed by atoms with Crippen molar-refractivity contribution in [1.82, 2.24) is 10.2 Å². The maximum absolute atomic E-state index is 13.3. The number of aliphatic hydroxyl groups is 1. The molecule has 2 amide bonds. The van der Waals surface area contributed by atoms with Crippen molar-refractivity contribution in [2.45, 2.75) is 38.1 Å². The first-order chi connectivity index (χ1) is 14.7. The summed E-state index contributed by atoms with van der Waals surface area (Å²) >= 11 is 0. The number of alkyl halides is 3. The fraction of sp³-hybridized carbons (Fsp3) is 0.391. The lowest BCUT2D eigenvalue weighted by atomic mass is 9.96. The van der Waals surface area contributed by atoms with Crippen LogP contribution in [0.15, 0.2) is 42.5 Å². The minimum Gasteiger partial charge on any atom is -0.391 e. The molecule has 164 valence electrons. The molecule has 1 aliphatic carbocycles. The first-order valence-corrected chi connectivity index (χ1v) is 10.3. The normalized spacial score (nSPS) is 17.1. The number of fused-ring (bicyclic) bond motifs is 1. The highest BCUT2D eigenvalue weighted by atomic mass is 19.4. The largest absolute Gasteiger partial charge is 0.417 e. The second-order valence-electron chi connectivity index (χ2n) is 8.12. The molecular formula is C23H23F3N2O3. The lowest BCUT2D eigenvalue weighted by Gasteiger charge is -2.30. The summed E-state index contributed by atoms with van der Waals surface area (Å²) in [7, 11) is 0. The quantitative estimate of drug-likeness (QED) is 0.761. The molecule has 2 aromatic rings. The molecule has 2 aliphatic rings. The van der Waals surface area contributed by atoms with Gasteiger partial charge >= 0.3 is 6.18 Å². The maximum atomic E-state index is 13.3. The van der Waals surface area contributed by atoms with Crippen molar-refractivity contribution in [3.63, 3.8) is 0 Å². The van der Waals surface area contributed by atoms with Gasteiger partial charge in [-0.15, -0.1) is 0 Å². The molecule has 1 saturated carbocycles. The van der Waals surface area contributed by atoms with Crippen LogP contribution in [-0.4, -0.2) is 41.0 Å². The molecule has 1 unspecified atom stereocenters. The van der Waals surface area contributed by atoms with E-state index < -0.39 is 23.8 Å². The van der Waals surface area contributed by atoms with Crippen molar-refractivity contribution in [1.29, 1.82) is 0 Å². The number of nitrogens with one attached hydrogen (secondary N) is 1. The molecule has 1 atom stereocenters. The van der Waals surface area contributed by atoms with Gasteiger partial charge in [-0.3, -0.25) is 9.59 Å². The van der Waals surface area contributed by atoms with Crippen LogP contribution < -0.4 is 5.32 Å². The van der Waals surface area contributed by atoms with Crippen LogP contribution >= 0.6 is 0 Å². The molecule has 5 nitrogen and oxygen atoms in total. The van der Waals surface area contributed by atoms with Crippen LogP contribution in [0.5, 0.6) is 0 Å². The number of halogens is 3. The number of nitrogens with zero attached hydrogens (tertiary/aromatic N) is 1. The van der Waals surface area contributed by atoms with Gasteiger partial charge in [0.25, 0.3) is 11.8 Å². The van der Waals surface area contributed by atoms with E-state index in [1.54, 1.807) is 18.2 Å². The van der Waals surface area contributed by atoms with Gasteiger partial charge in [0.15, 0.2) is 0 Å². The van der Waals surface area contributed by atoms with Crippen LogP contribution in [0, 0.1) is 5.92 Å². The number of benzene rings is 2. The van der Waals surface area contributed by atoms with E-state index >= 15 is 0 Å². The number of hydrogen-bond donors (Lipinski definition) is 2. The number of carbonyl (C=O) groups excluding carboxylic acids is 2. The van der Waals surface area contributed by atoms with E-state index in [0.717, 1.165) is 30.0 Å². The van der Waals surface area contributed by atoms with E-state index in [9.17, 15) is 27.9 Å². The summed E-state index contributed by atoms with van der Waals surface area (Å²) in [6, 6.07) is 9.92. The van der Waals surface area contributed by atoms with Crippen LogP contribution in [0.4, 0.5) is 13.2 Å². The SMILES string of the molecule is O=C(NCC(O)C1CC1)c1ccc2c(c1)CCN(C(=O)c1ccccc1C(F)(F)F)C2. The highest BCUT2D eigenvalue weighted by Crippen LogP contribution is 2.33. The summed E-state index contributed by atoms with van der Waals surface area (Å²) < 4.78 is 39.8. The number of carbonyl (C=O) groups is 2. The molecule has 0 radical (unpaired) electrons. The van der Waals surface area contributed by atoms with Gasteiger partial charge in [-0.2, -0.15) is 13.2 Å². The third-order valence-corrected chi connectivity index (χ3v) is 5.87. The molecule has 2 N–H and O–H groups in total. The van der Waals surface area contributed by atoms with Crippen molar-refractivity contribution < 1.29 is 27.9 Å². The minimum atomic E-state index is -4.60. The average molecular weight is 432 g/mol.